The number of fused-ring (bicyclic) bond motifs is 1. The van der Waals surface area contributed by atoms with Crippen molar-refractivity contribution < 1.29 is 13.5 Å². The molecule has 0 amide bonds. The molecule has 1 fully saturated rings. The first kappa shape index (κ1) is 27.2. The lowest BCUT2D eigenvalue weighted by Gasteiger charge is -2.35. The zero-order chi connectivity index (χ0) is 29.1. The van der Waals surface area contributed by atoms with Crippen LogP contribution in [0.15, 0.2) is 90.9 Å². The lowest BCUT2D eigenvalue weighted by Crippen LogP contribution is -2.43. The van der Waals surface area contributed by atoms with E-state index in [4.69, 9.17) is 11.6 Å². The van der Waals surface area contributed by atoms with Crippen molar-refractivity contribution in [3.8, 4) is 10.4 Å². The fourth-order valence-electron chi connectivity index (χ4n) is 5.75. The van der Waals surface area contributed by atoms with Crippen LogP contribution in [0.1, 0.15) is 48.2 Å². The van der Waals surface area contributed by atoms with Crippen LogP contribution in [0, 0.1) is 0 Å². The molecule has 0 aliphatic heterocycles. The van der Waals surface area contributed by atoms with Gasteiger partial charge in [-0.25, -0.2) is 22.4 Å². The third kappa shape index (κ3) is 4.34. The molecule has 7 rings (SSSR count). The molecule has 0 radical (unpaired) electrons. The average molecular weight is 619 g/mol. The van der Waals surface area contributed by atoms with Gasteiger partial charge in [-0.3, -0.25) is 9.67 Å². The van der Waals surface area contributed by atoms with Crippen molar-refractivity contribution in [3.63, 3.8) is 0 Å². The van der Waals surface area contributed by atoms with Gasteiger partial charge in [0.05, 0.1) is 17.6 Å². The summed E-state index contributed by atoms with van der Waals surface area (Å²) in [6.07, 6.45) is 19.5. The van der Waals surface area contributed by atoms with E-state index < -0.39 is 26.3 Å². The number of thiazole rings is 1. The summed E-state index contributed by atoms with van der Waals surface area (Å²) in [4.78, 5) is 14.0. The number of rotatable bonds is 7. The number of halogens is 1. The maximum atomic E-state index is 14.5. The fourth-order valence-corrected chi connectivity index (χ4v) is 9.04. The highest BCUT2D eigenvalue weighted by molar-refractivity contribution is 7.91. The van der Waals surface area contributed by atoms with Gasteiger partial charge in [-0.15, -0.1) is 11.3 Å². The van der Waals surface area contributed by atoms with Crippen LogP contribution in [-0.4, -0.2) is 47.0 Å². The minimum Gasteiger partial charge on any atom is -0.383 e. The molecule has 2 aliphatic carbocycles. The maximum Gasteiger partial charge on any atom is 0.250 e. The lowest BCUT2D eigenvalue weighted by molar-refractivity contribution is -0.0389. The van der Waals surface area contributed by atoms with Gasteiger partial charge in [0.2, 0.25) is 10.0 Å². The Labute approximate surface area is 251 Å². The van der Waals surface area contributed by atoms with E-state index in [1.54, 1.807) is 67.0 Å². The number of allylic oxidation sites excluding steroid dienone is 3. The highest BCUT2D eigenvalue weighted by atomic mass is 35.5. The summed E-state index contributed by atoms with van der Waals surface area (Å²) < 4.78 is 30.7. The molecule has 0 bridgehead atoms. The van der Waals surface area contributed by atoms with Crippen molar-refractivity contribution in [1.82, 2.24) is 28.7 Å². The summed E-state index contributed by atoms with van der Waals surface area (Å²) in [5.74, 6) is -0.555. The maximum absolute atomic E-state index is 14.5. The topological polar surface area (TPSA) is 116 Å². The highest BCUT2D eigenvalue weighted by Crippen LogP contribution is 2.46. The van der Waals surface area contributed by atoms with E-state index in [9.17, 15) is 13.5 Å². The molecule has 2 aliphatic rings. The van der Waals surface area contributed by atoms with Crippen molar-refractivity contribution >= 4 is 44.0 Å². The summed E-state index contributed by atoms with van der Waals surface area (Å²) >= 11 is 7.88. The molecule has 5 aromatic rings. The molecule has 0 aromatic carbocycles. The summed E-state index contributed by atoms with van der Waals surface area (Å²) in [5, 5.41) is 17.0. The Morgan fingerprint density at radius 1 is 1.14 bits per heavy atom. The van der Waals surface area contributed by atoms with E-state index in [1.165, 1.54) is 15.3 Å². The van der Waals surface area contributed by atoms with Crippen LogP contribution in [-0.2, 0) is 22.2 Å². The minimum atomic E-state index is -4.09. The summed E-state index contributed by atoms with van der Waals surface area (Å²) in [5.41, 5.74) is 2.00. The predicted octanol–water partition coefficient (Wildman–Crippen LogP) is 5.58. The summed E-state index contributed by atoms with van der Waals surface area (Å²) in [6, 6.07) is 7.45. The summed E-state index contributed by atoms with van der Waals surface area (Å²) in [7, 11) is -4.09. The number of hydrogen-bond acceptors (Lipinski definition) is 8. The van der Waals surface area contributed by atoms with Gasteiger partial charge in [-0.1, -0.05) is 23.7 Å². The largest absolute Gasteiger partial charge is 0.383 e. The van der Waals surface area contributed by atoms with Gasteiger partial charge in [0.1, 0.15) is 15.4 Å². The molecule has 2 unspecified atom stereocenters. The Hall–Kier alpha value is -3.64. The molecule has 0 saturated heterocycles. The molecule has 2 atom stereocenters. The van der Waals surface area contributed by atoms with Gasteiger partial charge in [0.25, 0.3) is 0 Å². The van der Waals surface area contributed by atoms with E-state index in [1.807, 2.05) is 30.5 Å². The Morgan fingerprint density at radius 3 is 2.76 bits per heavy atom. The van der Waals surface area contributed by atoms with Gasteiger partial charge in [0.15, 0.2) is 5.65 Å². The van der Waals surface area contributed by atoms with Crippen LogP contribution in [0.25, 0.3) is 21.5 Å². The van der Waals surface area contributed by atoms with Crippen LogP contribution in [0.4, 0.5) is 0 Å². The van der Waals surface area contributed by atoms with E-state index in [2.05, 4.69) is 20.1 Å². The normalized spacial score (nSPS) is 21.8. The molecule has 12 heteroatoms. The Morgan fingerprint density at radius 2 is 2.00 bits per heavy atom. The van der Waals surface area contributed by atoms with E-state index in [0.717, 1.165) is 28.0 Å². The van der Waals surface area contributed by atoms with Crippen LogP contribution in [0.3, 0.4) is 0 Å². The third-order valence-electron chi connectivity index (χ3n) is 8.29. The quantitative estimate of drug-likeness (QED) is 0.253. The molecular formula is C30H27ClN6O3S2. The second kappa shape index (κ2) is 9.98. The molecule has 42 heavy (non-hydrogen) atoms. The molecule has 9 nitrogen and oxygen atoms in total. The fraction of sp³-hybridized carbons (Fsp3) is 0.267. The van der Waals surface area contributed by atoms with Crippen LogP contribution >= 0.6 is 22.9 Å². The van der Waals surface area contributed by atoms with Gasteiger partial charge in [-0.05, 0) is 67.7 Å². The summed E-state index contributed by atoms with van der Waals surface area (Å²) in [6.45, 7) is 2.19. The first-order valence-corrected chi connectivity index (χ1v) is 16.2. The Bertz CT molecular complexity index is 1970. The third-order valence-corrected chi connectivity index (χ3v) is 12.0. The van der Waals surface area contributed by atoms with E-state index in [0.29, 0.717) is 40.5 Å². The van der Waals surface area contributed by atoms with Crippen molar-refractivity contribution in [2.24, 2.45) is 0 Å². The van der Waals surface area contributed by atoms with E-state index >= 15 is 0 Å². The lowest BCUT2D eigenvalue weighted by atomic mass is 9.81. The van der Waals surface area contributed by atoms with Crippen molar-refractivity contribution in [1.29, 1.82) is 0 Å². The highest BCUT2D eigenvalue weighted by Gasteiger charge is 2.48. The number of pyridine rings is 2. The molecule has 5 heterocycles. The first-order chi connectivity index (χ1) is 20.2. The van der Waals surface area contributed by atoms with Crippen molar-refractivity contribution in [2.75, 3.05) is 0 Å². The minimum absolute atomic E-state index is 0.316. The number of aliphatic hydroxyl groups is 1. The molecule has 1 saturated carbocycles. The van der Waals surface area contributed by atoms with Crippen molar-refractivity contribution in [3.05, 3.63) is 107 Å². The number of nitrogens with zero attached hydrogens (tertiary/aromatic N) is 6. The molecule has 214 valence electrons. The molecular weight excluding hydrogens is 592 g/mol. The second-order valence-electron chi connectivity index (χ2n) is 11.0. The number of aromatic nitrogens is 6. The first-order valence-electron chi connectivity index (χ1n) is 13.6. The number of hydrogen-bond donors (Lipinski definition) is 1. The SMILES string of the molecule is CC1(S(=O)(=O)n2ccc3c(-c4cnc(C5(O)CCC5)s4)ccnc32)C=C(Cl)C=CC1c1cnn(Cc2cccnc2)c1. The zero-order valence-corrected chi connectivity index (χ0v) is 25.0. The molecule has 0 spiro atoms. The van der Waals surface area contributed by atoms with Crippen LogP contribution < -0.4 is 0 Å². The van der Waals surface area contributed by atoms with Crippen molar-refractivity contribution in [2.45, 2.75) is 49.0 Å². The smallest absolute Gasteiger partial charge is 0.250 e. The Balaban J connectivity index is 1.27. The van der Waals surface area contributed by atoms with Crippen LogP contribution in [0.2, 0.25) is 0 Å². The molecule has 1 N–H and O–H groups in total. The van der Waals surface area contributed by atoms with Gasteiger partial charge in [-0.2, -0.15) is 5.10 Å². The zero-order valence-electron chi connectivity index (χ0n) is 22.6. The monoisotopic (exact) mass is 618 g/mol. The van der Waals surface area contributed by atoms with Gasteiger partial charge < -0.3 is 5.11 Å². The Kier molecular flexibility index (Phi) is 6.46. The van der Waals surface area contributed by atoms with E-state index in [-0.39, 0.29) is 0 Å². The second-order valence-corrected chi connectivity index (χ2v) is 14.7. The molecule has 5 aromatic heterocycles. The van der Waals surface area contributed by atoms with Gasteiger partial charge in [0, 0.05) is 59.1 Å². The standard InChI is InChI=1S/C30H27ClN6O3S2/c1-29(14-22(31)5-6-25(29)21-16-35-36(19-21)18-20-4-2-11-32-15-20)42(39,40)37-13-8-24-23(7-12-33-27(24)37)26-17-34-28(41-26)30(38)9-3-10-30/h2,4-8,11-17,19,25,38H,3,9-10,18H2,1H3. The van der Waals surface area contributed by atoms with Crippen LogP contribution in [0.5, 0.6) is 0 Å². The average Bonchev–Trinajstić information content (AvgIpc) is 3.72. The van der Waals surface area contributed by atoms with Gasteiger partial charge >= 0.3 is 0 Å². The predicted molar refractivity (Wildman–Crippen MR) is 163 cm³/mol.